The fraction of sp³-hybridized carbons (Fsp3) is 0.786. The van der Waals surface area contributed by atoms with Gasteiger partial charge in [-0.05, 0) is 25.8 Å². The second kappa shape index (κ2) is 7.94. The molecule has 1 aliphatic heterocycles. The number of nitrogens with zero attached hydrogens (tertiary/aromatic N) is 2. The lowest BCUT2D eigenvalue weighted by atomic mass is 10.1. The molecule has 1 N–H and O–H groups in total. The molecule has 5 heteroatoms. The highest BCUT2D eigenvalue weighted by Gasteiger charge is 2.19. The summed E-state index contributed by atoms with van der Waals surface area (Å²) >= 11 is 1.77. The molecule has 2 rings (SSSR count). The first-order chi connectivity index (χ1) is 9.31. The summed E-state index contributed by atoms with van der Waals surface area (Å²) in [6.07, 6.45) is 3.92. The number of aromatic nitrogens is 1. The van der Waals surface area contributed by atoms with Crippen molar-refractivity contribution >= 4 is 11.3 Å². The number of nitrogens with one attached hydrogen (secondary N) is 1. The monoisotopic (exact) mass is 283 g/mol. The largest absolute Gasteiger partial charge is 0.381 e. The highest BCUT2D eigenvalue weighted by molar-refractivity contribution is 7.09. The van der Waals surface area contributed by atoms with Gasteiger partial charge in [-0.2, -0.15) is 0 Å². The number of likely N-dealkylation sites (tertiary alicyclic amines) is 1. The molecule has 0 amide bonds. The molecule has 0 unspecified atom stereocenters. The lowest BCUT2D eigenvalue weighted by Gasteiger charge is -2.30. The van der Waals surface area contributed by atoms with E-state index in [9.17, 15) is 0 Å². The highest BCUT2D eigenvalue weighted by Crippen LogP contribution is 2.17. The Morgan fingerprint density at radius 1 is 1.47 bits per heavy atom. The Hall–Kier alpha value is -0.490. The molecule has 108 valence electrons. The van der Waals surface area contributed by atoms with Gasteiger partial charge >= 0.3 is 0 Å². The van der Waals surface area contributed by atoms with Crippen molar-refractivity contribution in [3.63, 3.8) is 0 Å². The fourth-order valence-electron chi connectivity index (χ4n) is 2.41. The molecule has 0 saturated carbocycles. The Balaban J connectivity index is 1.74. The highest BCUT2D eigenvalue weighted by atomic mass is 32.1. The van der Waals surface area contributed by atoms with Crippen LogP contribution >= 0.6 is 11.3 Å². The number of rotatable bonds is 7. The summed E-state index contributed by atoms with van der Waals surface area (Å²) in [7, 11) is 1.82. The van der Waals surface area contributed by atoms with Crippen LogP contribution in [0.2, 0.25) is 0 Å². The first-order valence-corrected chi connectivity index (χ1v) is 8.09. The predicted octanol–water partition coefficient (Wildman–Crippen LogP) is 2.25. The van der Waals surface area contributed by atoms with Crippen molar-refractivity contribution in [2.75, 3.05) is 26.7 Å². The quantitative estimate of drug-likeness (QED) is 0.779. The number of hydrogen-bond acceptors (Lipinski definition) is 5. The Morgan fingerprint density at radius 2 is 2.26 bits per heavy atom. The first-order valence-electron chi connectivity index (χ1n) is 7.21. The van der Waals surface area contributed by atoms with E-state index in [1.807, 2.05) is 7.11 Å². The van der Waals surface area contributed by atoms with Crippen molar-refractivity contribution in [1.82, 2.24) is 15.2 Å². The first kappa shape index (κ1) is 14.9. The maximum Gasteiger partial charge on any atom is 0.107 e. The maximum atomic E-state index is 5.40. The van der Waals surface area contributed by atoms with Gasteiger partial charge in [0.25, 0.3) is 0 Å². The van der Waals surface area contributed by atoms with Crippen LogP contribution in [0.15, 0.2) is 5.38 Å². The number of piperidine rings is 1. The standard InChI is InChI=1S/C14H25N3OS/c1-3-6-15-9-14-16-12(11-19-14)10-17-7-4-13(18-2)5-8-17/h11,13,15H,3-10H2,1-2H3. The second-order valence-electron chi connectivity index (χ2n) is 5.12. The summed E-state index contributed by atoms with van der Waals surface area (Å²) < 4.78 is 5.40. The van der Waals surface area contributed by atoms with Crippen molar-refractivity contribution in [1.29, 1.82) is 0 Å². The van der Waals surface area contributed by atoms with E-state index in [1.165, 1.54) is 17.1 Å². The summed E-state index contributed by atoms with van der Waals surface area (Å²) in [5.41, 5.74) is 1.22. The molecule has 2 heterocycles. The minimum Gasteiger partial charge on any atom is -0.381 e. The number of methoxy groups -OCH3 is 1. The average Bonchev–Trinajstić information content (AvgIpc) is 2.88. The maximum absolute atomic E-state index is 5.40. The number of thiazole rings is 1. The third-order valence-electron chi connectivity index (χ3n) is 3.56. The zero-order valence-corrected chi connectivity index (χ0v) is 12.8. The van der Waals surface area contributed by atoms with E-state index < -0.39 is 0 Å². The Labute approximate surface area is 120 Å². The van der Waals surface area contributed by atoms with E-state index in [0.29, 0.717) is 6.10 Å². The van der Waals surface area contributed by atoms with E-state index in [-0.39, 0.29) is 0 Å². The summed E-state index contributed by atoms with van der Waals surface area (Å²) in [5.74, 6) is 0. The van der Waals surface area contributed by atoms with Crippen LogP contribution in [0, 0.1) is 0 Å². The Kier molecular flexibility index (Phi) is 6.23. The zero-order valence-electron chi connectivity index (χ0n) is 12.0. The summed E-state index contributed by atoms with van der Waals surface area (Å²) in [6, 6.07) is 0. The van der Waals surface area contributed by atoms with Crippen LogP contribution in [0.4, 0.5) is 0 Å². The van der Waals surface area contributed by atoms with Crippen LogP contribution in [0.25, 0.3) is 0 Å². The van der Waals surface area contributed by atoms with Crippen LogP contribution < -0.4 is 5.32 Å². The molecule has 19 heavy (non-hydrogen) atoms. The minimum absolute atomic E-state index is 0.459. The summed E-state index contributed by atoms with van der Waals surface area (Å²) in [6.45, 7) is 7.40. The van der Waals surface area contributed by atoms with Crippen molar-refractivity contribution in [3.8, 4) is 0 Å². The fourth-order valence-corrected chi connectivity index (χ4v) is 3.16. The molecule has 0 radical (unpaired) electrons. The van der Waals surface area contributed by atoms with Gasteiger partial charge in [0.15, 0.2) is 0 Å². The van der Waals surface area contributed by atoms with Gasteiger partial charge in [0.1, 0.15) is 5.01 Å². The van der Waals surface area contributed by atoms with Gasteiger partial charge in [0, 0.05) is 38.7 Å². The van der Waals surface area contributed by atoms with Crippen molar-refractivity contribution < 1.29 is 4.74 Å². The summed E-state index contributed by atoms with van der Waals surface area (Å²) in [5, 5.41) is 6.80. The molecule has 0 bridgehead atoms. The molecule has 0 aromatic carbocycles. The molecule has 1 fully saturated rings. The molecular formula is C14H25N3OS. The van der Waals surface area contributed by atoms with Crippen molar-refractivity contribution in [3.05, 3.63) is 16.1 Å². The molecular weight excluding hydrogens is 258 g/mol. The van der Waals surface area contributed by atoms with Gasteiger partial charge in [-0.1, -0.05) is 6.92 Å². The van der Waals surface area contributed by atoms with E-state index >= 15 is 0 Å². The van der Waals surface area contributed by atoms with Crippen LogP contribution in [0.3, 0.4) is 0 Å². The Bertz CT molecular complexity index is 361. The van der Waals surface area contributed by atoms with Gasteiger partial charge in [0.05, 0.1) is 11.8 Å². The van der Waals surface area contributed by atoms with Gasteiger partial charge in [-0.3, -0.25) is 4.90 Å². The predicted molar refractivity (Wildman–Crippen MR) is 79.4 cm³/mol. The third-order valence-corrected chi connectivity index (χ3v) is 4.45. The smallest absolute Gasteiger partial charge is 0.107 e. The topological polar surface area (TPSA) is 37.4 Å². The van der Waals surface area contributed by atoms with E-state index in [1.54, 1.807) is 11.3 Å². The lowest BCUT2D eigenvalue weighted by molar-refractivity contribution is 0.0385. The molecule has 0 spiro atoms. The summed E-state index contributed by atoms with van der Waals surface area (Å²) in [4.78, 5) is 7.18. The molecule has 0 atom stereocenters. The minimum atomic E-state index is 0.459. The molecule has 1 aromatic heterocycles. The molecule has 1 saturated heterocycles. The van der Waals surface area contributed by atoms with Crippen LogP contribution in [-0.4, -0.2) is 42.7 Å². The zero-order chi connectivity index (χ0) is 13.5. The lowest BCUT2D eigenvalue weighted by Crippen LogP contribution is -2.36. The number of ether oxygens (including phenoxy) is 1. The molecule has 4 nitrogen and oxygen atoms in total. The normalized spacial score (nSPS) is 18.0. The number of hydrogen-bond donors (Lipinski definition) is 1. The Morgan fingerprint density at radius 3 is 2.95 bits per heavy atom. The van der Waals surface area contributed by atoms with Gasteiger partial charge in [-0.15, -0.1) is 11.3 Å². The van der Waals surface area contributed by atoms with Crippen molar-refractivity contribution in [2.45, 2.75) is 45.4 Å². The third kappa shape index (κ3) is 4.84. The molecule has 0 aliphatic carbocycles. The van der Waals surface area contributed by atoms with Crippen LogP contribution in [0.1, 0.15) is 36.9 Å². The van der Waals surface area contributed by atoms with Gasteiger partial charge in [0.2, 0.25) is 0 Å². The van der Waals surface area contributed by atoms with Crippen LogP contribution in [0.5, 0.6) is 0 Å². The van der Waals surface area contributed by atoms with E-state index in [2.05, 4.69) is 22.5 Å². The van der Waals surface area contributed by atoms with Crippen LogP contribution in [-0.2, 0) is 17.8 Å². The molecule has 1 aromatic rings. The average molecular weight is 283 g/mol. The SMILES string of the molecule is CCCNCc1nc(CN2CCC(OC)CC2)cs1. The van der Waals surface area contributed by atoms with E-state index in [4.69, 9.17) is 9.72 Å². The van der Waals surface area contributed by atoms with E-state index in [0.717, 1.165) is 45.6 Å². The second-order valence-corrected chi connectivity index (χ2v) is 6.06. The van der Waals surface area contributed by atoms with Gasteiger partial charge < -0.3 is 10.1 Å². The van der Waals surface area contributed by atoms with Crippen molar-refractivity contribution in [2.24, 2.45) is 0 Å². The van der Waals surface area contributed by atoms with Gasteiger partial charge in [-0.25, -0.2) is 4.98 Å². The molecule has 1 aliphatic rings.